The molecule has 0 bridgehead atoms. The molecule has 0 aliphatic heterocycles. The first-order chi connectivity index (χ1) is 19.6. The van der Waals surface area contributed by atoms with Crippen molar-refractivity contribution in [2.24, 2.45) is 0 Å². The Kier molecular flexibility index (Phi) is 7.76. The Balaban J connectivity index is 1.55. The first kappa shape index (κ1) is 27.9. The molecule has 1 amide bonds. The SMILES string of the molecule is COc1cn([C@@H](Cc2ccn(C3CC3)n2)C(=O)Nc2ccc(C(=O)O)cc2)c(=O)cc1-c1cc(Cl)ccc1C(C)=O. The molecule has 41 heavy (non-hydrogen) atoms. The number of halogens is 1. The number of pyridine rings is 1. The van der Waals surface area contributed by atoms with Gasteiger partial charge >= 0.3 is 5.97 Å². The molecule has 5 rings (SSSR count). The van der Waals surface area contributed by atoms with E-state index in [4.69, 9.17) is 16.3 Å². The molecule has 1 saturated carbocycles. The third-order valence-electron chi connectivity index (χ3n) is 6.94. The third kappa shape index (κ3) is 6.07. The van der Waals surface area contributed by atoms with E-state index in [9.17, 15) is 24.3 Å². The number of carboxylic acids is 1. The van der Waals surface area contributed by atoms with Crippen LogP contribution in [0.25, 0.3) is 11.1 Å². The zero-order valence-electron chi connectivity index (χ0n) is 22.3. The summed E-state index contributed by atoms with van der Waals surface area (Å²) >= 11 is 6.22. The van der Waals surface area contributed by atoms with Crippen LogP contribution in [-0.4, -0.2) is 44.2 Å². The van der Waals surface area contributed by atoms with Crippen molar-refractivity contribution in [3.05, 3.63) is 99.2 Å². The van der Waals surface area contributed by atoms with Gasteiger partial charge in [-0.3, -0.25) is 23.6 Å². The Hall–Kier alpha value is -4.70. The zero-order chi connectivity index (χ0) is 29.3. The van der Waals surface area contributed by atoms with Gasteiger partial charge in [-0.2, -0.15) is 5.10 Å². The van der Waals surface area contributed by atoms with Gasteiger partial charge in [-0.15, -0.1) is 0 Å². The van der Waals surface area contributed by atoms with E-state index in [0.29, 0.717) is 39.1 Å². The van der Waals surface area contributed by atoms with Gasteiger partial charge in [0.15, 0.2) is 5.78 Å². The van der Waals surface area contributed by atoms with E-state index in [2.05, 4.69) is 10.4 Å². The maximum Gasteiger partial charge on any atom is 0.335 e. The van der Waals surface area contributed by atoms with E-state index >= 15 is 0 Å². The summed E-state index contributed by atoms with van der Waals surface area (Å²) in [7, 11) is 1.43. The number of Topliss-reactive ketones (excluding diaryl/α,β-unsaturated/α-hetero) is 1. The third-order valence-corrected chi connectivity index (χ3v) is 7.18. The number of anilines is 1. The van der Waals surface area contributed by atoms with Crippen LogP contribution >= 0.6 is 11.6 Å². The molecule has 1 atom stereocenters. The van der Waals surface area contributed by atoms with Gasteiger partial charge in [0.25, 0.3) is 5.56 Å². The monoisotopic (exact) mass is 574 g/mol. The fraction of sp³-hybridized carbons (Fsp3) is 0.233. The molecule has 0 unspecified atom stereocenters. The number of ketones is 1. The van der Waals surface area contributed by atoms with Gasteiger partial charge in [0, 0.05) is 40.5 Å². The van der Waals surface area contributed by atoms with Crippen LogP contribution in [0.1, 0.15) is 58.3 Å². The second-order valence-corrected chi connectivity index (χ2v) is 10.3. The van der Waals surface area contributed by atoms with Crippen molar-refractivity contribution in [3.8, 4) is 16.9 Å². The highest BCUT2D eigenvalue weighted by molar-refractivity contribution is 6.31. The van der Waals surface area contributed by atoms with Gasteiger partial charge < -0.3 is 15.2 Å². The number of carbonyl (C=O) groups is 3. The number of aromatic nitrogens is 3. The lowest BCUT2D eigenvalue weighted by Crippen LogP contribution is -2.34. The minimum absolute atomic E-state index is 0.0765. The van der Waals surface area contributed by atoms with E-state index in [1.165, 1.54) is 55.1 Å². The van der Waals surface area contributed by atoms with Gasteiger partial charge in [0.05, 0.1) is 30.6 Å². The quantitative estimate of drug-likeness (QED) is 0.254. The molecule has 210 valence electrons. The van der Waals surface area contributed by atoms with Crippen LogP contribution in [0.5, 0.6) is 5.75 Å². The van der Waals surface area contributed by atoms with E-state index in [0.717, 1.165) is 12.8 Å². The lowest BCUT2D eigenvalue weighted by atomic mass is 9.97. The Morgan fingerprint density at radius 3 is 2.46 bits per heavy atom. The van der Waals surface area contributed by atoms with Gasteiger partial charge in [0.1, 0.15) is 11.8 Å². The van der Waals surface area contributed by atoms with Crippen molar-refractivity contribution in [2.45, 2.75) is 38.3 Å². The first-order valence-electron chi connectivity index (χ1n) is 12.9. The highest BCUT2D eigenvalue weighted by Crippen LogP contribution is 2.35. The number of aromatic carboxylic acids is 1. The number of methoxy groups -OCH3 is 1. The summed E-state index contributed by atoms with van der Waals surface area (Å²) in [6.07, 6.45) is 5.50. The van der Waals surface area contributed by atoms with Crippen LogP contribution in [0.3, 0.4) is 0 Å². The largest absolute Gasteiger partial charge is 0.495 e. The fourth-order valence-electron chi connectivity index (χ4n) is 4.66. The smallest absolute Gasteiger partial charge is 0.335 e. The second kappa shape index (κ2) is 11.4. The molecule has 2 aromatic heterocycles. The van der Waals surface area contributed by atoms with Crippen molar-refractivity contribution in [3.63, 3.8) is 0 Å². The number of amides is 1. The number of nitrogens with one attached hydrogen (secondary N) is 1. The van der Waals surface area contributed by atoms with Gasteiger partial charge in [0.2, 0.25) is 5.91 Å². The number of hydrogen-bond acceptors (Lipinski definition) is 6. The molecule has 2 heterocycles. The molecule has 1 fully saturated rings. The van der Waals surface area contributed by atoms with E-state index in [-0.39, 0.29) is 23.5 Å². The summed E-state index contributed by atoms with van der Waals surface area (Å²) in [6, 6.07) is 13.0. The summed E-state index contributed by atoms with van der Waals surface area (Å²) < 4.78 is 8.77. The molecule has 0 spiro atoms. The molecule has 2 aromatic carbocycles. The van der Waals surface area contributed by atoms with Crippen molar-refractivity contribution in [1.82, 2.24) is 14.3 Å². The molecule has 11 heteroatoms. The summed E-state index contributed by atoms with van der Waals surface area (Å²) in [6.45, 7) is 1.42. The van der Waals surface area contributed by atoms with Crippen LogP contribution in [0.15, 0.2) is 71.8 Å². The van der Waals surface area contributed by atoms with Crippen molar-refractivity contribution in [2.75, 3.05) is 12.4 Å². The van der Waals surface area contributed by atoms with Gasteiger partial charge in [-0.05, 0) is 73.9 Å². The number of benzene rings is 2. The highest BCUT2D eigenvalue weighted by Gasteiger charge is 2.28. The van der Waals surface area contributed by atoms with Crippen LogP contribution < -0.4 is 15.6 Å². The predicted octanol–water partition coefficient (Wildman–Crippen LogP) is 5.03. The highest BCUT2D eigenvalue weighted by atomic mass is 35.5. The minimum Gasteiger partial charge on any atom is -0.495 e. The molecular weight excluding hydrogens is 548 g/mol. The maximum absolute atomic E-state index is 13.7. The normalized spacial score (nSPS) is 13.4. The molecule has 0 saturated heterocycles. The van der Waals surface area contributed by atoms with Gasteiger partial charge in [-0.1, -0.05) is 11.6 Å². The summed E-state index contributed by atoms with van der Waals surface area (Å²) in [5, 5.41) is 17.0. The fourth-order valence-corrected chi connectivity index (χ4v) is 4.83. The lowest BCUT2D eigenvalue weighted by molar-refractivity contribution is -0.119. The lowest BCUT2D eigenvalue weighted by Gasteiger charge is -2.21. The average Bonchev–Trinajstić information content (AvgIpc) is 3.69. The van der Waals surface area contributed by atoms with E-state index in [1.807, 2.05) is 16.9 Å². The maximum atomic E-state index is 13.7. The van der Waals surface area contributed by atoms with E-state index in [1.54, 1.807) is 18.2 Å². The standard InChI is InChI=1S/C30H27ClN4O6/c1-17(36)23-10-5-19(31)13-24(23)25-15-28(37)34(16-27(25)41-2)26(14-21-11-12-35(33-21)22-8-9-22)29(38)32-20-6-3-18(4-7-20)30(39)40/h3-7,10-13,15-16,22,26H,8-9,14H2,1-2H3,(H,32,38)(H,39,40)/t26-/m0/s1. The molecule has 10 nitrogen and oxygen atoms in total. The topological polar surface area (TPSA) is 133 Å². The van der Waals surface area contributed by atoms with Crippen molar-refractivity contribution >= 4 is 34.9 Å². The Morgan fingerprint density at radius 1 is 1.10 bits per heavy atom. The van der Waals surface area contributed by atoms with Gasteiger partial charge in [-0.25, -0.2) is 4.79 Å². The number of carbonyl (C=O) groups excluding carboxylic acids is 2. The minimum atomic E-state index is -1.08. The van der Waals surface area contributed by atoms with Crippen LogP contribution in [0, 0.1) is 0 Å². The number of carboxylic acid groups (broad SMARTS) is 1. The average molecular weight is 575 g/mol. The number of nitrogens with zero attached hydrogens (tertiary/aromatic N) is 3. The van der Waals surface area contributed by atoms with Crippen LogP contribution in [0.2, 0.25) is 5.02 Å². The molecule has 1 aliphatic rings. The van der Waals surface area contributed by atoms with Crippen LogP contribution in [-0.2, 0) is 11.2 Å². The Bertz CT molecular complexity index is 1700. The summed E-state index contributed by atoms with van der Waals surface area (Å²) in [5.74, 6) is -1.53. The van der Waals surface area contributed by atoms with Crippen molar-refractivity contribution in [1.29, 1.82) is 0 Å². The molecule has 1 aliphatic carbocycles. The molecule has 4 aromatic rings. The first-order valence-corrected chi connectivity index (χ1v) is 13.3. The zero-order valence-corrected chi connectivity index (χ0v) is 23.1. The van der Waals surface area contributed by atoms with Crippen LogP contribution in [0.4, 0.5) is 5.69 Å². The number of hydrogen-bond donors (Lipinski definition) is 2. The summed E-state index contributed by atoms with van der Waals surface area (Å²) in [4.78, 5) is 50.8. The predicted molar refractivity (Wildman–Crippen MR) is 153 cm³/mol. The summed E-state index contributed by atoms with van der Waals surface area (Å²) in [5.41, 5.74) is 1.74. The Morgan fingerprint density at radius 2 is 1.83 bits per heavy atom. The molecular formula is C30H27ClN4O6. The number of rotatable bonds is 10. The van der Waals surface area contributed by atoms with Crippen molar-refractivity contribution < 1.29 is 24.2 Å². The molecule has 0 radical (unpaired) electrons. The second-order valence-electron chi connectivity index (χ2n) is 9.86. The number of ether oxygens (including phenoxy) is 1. The van der Waals surface area contributed by atoms with E-state index < -0.39 is 23.5 Å². The molecule has 2 N–H and O–H groups in total. The Labute approximate surface area is 240 Å².